The van der Waals surface area contributed by atoms with Crippen LogP contribution in [0.5, 0.6) is 0 Å². The highest BCUT2D eigenvalue weighted by atomic mass is 35.5. The first-order valence-electron chi connectivity index (χ1n) is 15.2. The third-order valence-electron chi connectivity index (χ3n) is 10.2. The summed E-state index contributed by atoms with van der Waals surface area (Å²) in [5.74, 6) is 3.01. The van der Waals surface area contributed by atoms with Gasteiger partial charge in [0.15, 0.2) is 5.96 Å². The largest absolute Gasteiger partial charge is 0.340 e. The van der Waals surface area contributed by atoms with E-state index >= 15 is 0 Å². The van der Waals surface area contributed by atoms with Crippen LogP contribution in [0.2, 0.25) is 5.02 Å². The summed E-state index contributed by atoms with van der Waals surface area (Å²) in [4.78, 5) is 26.0. The fourth-order valence-corrected chi connectivity index (χ4v) is 7.61. The van der Waals surface area contributed by atoms with Gasteiger partial charge in [0, 0.05) is 42.4 Å². The van der Waals surface area contributed by atoms with E-state index in [4.69, 9.17) is 21.6 Å². The molecule has 0 radical (unpaired) electrons. The fraction of sp³-hybridized carbons (Fsp3) is 0.545. The maximum absolute atomic E-state index is 13.5. The Morgan fingerprint density at radius 1 is 1.20 bits per heavy atom. The minimum Gasteiger partial charge on any atom is -0.340 e. The van der Waals surface area contributed by atoms with E-state index in [0.717, 1.165) is 61.5 Å². The Balaban J connectivity index is 1.25. The van der Waals surface area contributed by atoms with Gasteiger partial charge in [-0.3, -0.25) is 9.36 Å². The summed E-state index contributed by atoms with van der Waals surface area (Å²) < 4.78 is 1.73. The molecule has 7 rings (SSSR count). The van der Waals surface area contributed by atoms with Crippen molar-refractivity contribution in [3.63, 3.8) is 0 Å². The maximum atomic E-state index is 13.5. The Morgan fingerprint density at radius 3 is 2.68 bits per heavy atom. The summed E-state index contributed by atoms with van der Waals surface area (Å²) in [6.45, 7) is 14.3. The summed E-state index contributed by atoms with van der Waals surface area (Å²) in [5.41, 5.74) is 3.15. The molecular weight excluding hydrogens is 532 g/mol. The minimum absolute atomic E-state index is 0.0225. The SMILES string of the molecule is CC1CN(C(=NC2CC3CC(C2C)C3(C)C)Nc2ccc3c(=O)n(C(C)Cc4ccc(Cl)cc4)cnc3c2)CCN1. The molecule has 6 atom stereocenters. The molecule has 8 heteroatoms. The number of hydrogen-bond acceptors (Lipinski definition) is 4. The number of fused-ring (bicyclic) bond motifs is 3. The number of aliphatic imine (C=N–C) groups is 1. The Labute approximate surface area is 248 Å². The first-order valence-corrected chi connectivity index (χ1v) is 15.6. The summed E-state index contributed by atoms with van der Waals surface area (Å²) in [7, 11) is 0. The van der Waals surface area contributed by atoms with Gasteiger partial charge >= 0.3 is 0 Å². The number of piperazine rings is 1. The van der Waals surface area contributed by atoms with Crippen molar-refractivity contribution in [3.8, 4) is 0 Å². The molecule has 3 aromatic rings. The molecule has 2 N–H and O–H groups in total. The molecule has 41 heavy (non-hydrogen) atoms. The van der Waals surface area contributed by atoms with Gasteiger partial charge in [-0.1, -0.05) is 44.5 Å². The van der Waals surface area contributed by atoms with Crippen LogP contribution in [0.4, 0.5) is 5.69 Å². The Hall–Kier alpha value is -2.90. The number of nitrogens with zero attached hydrogens (tertiary/aromatic N) is 4. The van der Waals surface area contributed by atoms with Gasteiger partial charge in [-0.05, 0) is 92.2 Å². The lowest BCUT2D eigenvalue weighted by molar-refractivity contribution is -0.108. The van der Waals surface area contributed by atoms with Crippen molar-refractivity contribution in [3.05, 3.63) is 69.7 Å². The van der Waals surface area contributed by atoms with Gasteiger partial charge < -0.3 is 15.5 Å². The van der Waals surface area contributed by atoms with E-state index < -0.39 is 0 Å². The monoisotopic (exact) mass is 574 g/mol. The molecule has 2 aromatic carbocycles. The molecule has 1 aromatic heterocycles. The van der Waals surface area contributed by atoms with E-state index in [1.807, 2.05) is 49.4 Å². The van der Waals surface area contributed by atoms with Crippen LogP contribution in [-0.4, -0.2) is 52.1 Å². The first-order chi connectivity index (χ1) is 19.6. The summed E-state index contributed by atoms with van der Waals surface area (Å²) in [6, 6.07) is 14.4. The van der Waals surface area contributed by atoms with Gasteiger partial charge in [-0.2, -0.15) is 0 Å². The van der Waals surface area contributed by atoms with E-state index in [2.05, 4.69) is 43.2 Å². The highest BCUT2D eigenvalue weighted by Crippen LogP contribution is 2.61. The lowest BCUT2D eigenvalue weighted by Crippen LogP contribution is -2.57. The Morgan fingerprint density at radius 2 is 1.98 bits per heavy atom. The number of nitrogens with one attached hydrogen (secondary N) is 2. The van der Waals surface area contributed by atoms with Gasteiger partial charge in [0.25, 0.3) is 5.56 Å². The minimum atomic E-state index is -0.0273. The van der Waals surface area contributed by atoms with Crippen molar-refractivity contribution >= 4 is 34.2 Å². The van der Waals surface area contributed by atoms with Crippen LogP contribution in [0, 0.1) is 23.2 Å². The zero-order chi connectivity index (χ0) is 28.9. The standard InChI is InChI=1S/C33H43ClN6O/c1-20-18-39(13-12-35-20)32(38-29-16-24-15-28(22(29)3)33(24,4)5)37-26-10-11-27-30(17-26)36-19-40(31(27)41)21(2)14-23-6-8-25(34)9-7-23/h6-11,17,19-22,24,28-29,35H,12-16,18H2,1-5H3,(H,37,38). The van der Waals surface area contributed by atoms with E-state index in [-0.39, 0.29) is 11.6 Å². The van der Waals surface area contributed by atoms with Crippen LogP contribution in [0.25, 0.3) is 10.9 Å². The second-order valence-corrected chi connectivity index (χ2v) is 13.7. The second kappa shape index (κ2) is 11.1. The molecule has 3 saturated carbocycles. The molecule has 3 aliphatic carbocycles. The van der Waals surface area contributed by atoms with Crippen molar-refractivity contribution in [2.45, 2.75) is 72.0 Å². The van der Waals surface area contributed by atoms with Crippen LogP contribution in [-0.2, 0) is 6.42 Å². The molecule has 0 amide bonds. The number of halogens is 1. The lowest BCUT2D eigenvalue weighted by Gasteiger charge is -2.61. The van der Waals surface area contributed by atoms with Crippen LogP contribution in [0.3, 0.4) is 0 Å². The summed E-state index contributed by atoms with van der Waals surface area (Å²) in [5, 5.41) is 8.55. The summed E-state index contributed by atoms with van der Waals surface area (Å²) >= 11 is 6.04. The summed E-state index contributed by atoms with van der Waals surface area (Å²) in [6.07, 6.45) is 4.91. The molecule has 4 fully saturated rings. The predicted octanol–water partition coefficient (Wildman–Crippen LogP) is 5.99. The molecule has 1 saturated heterocycles. The number of aromatic nitrogens is 2. The topological polar surface area (TPSA) is 74.5 Å². The smallest absolute Gasteiger partial charge is 0.261 e. The Kier molecular flexibility index (Phi) is 7.62. The fourth-order valence-electron chi connectivity index (χ4n) is 7.48. The second-order valence-electron chi connectivity index (χ2n) is 13.3. The average Bonchev–Trinajstić information content (AvgIpc) is 2.94. The third kappa shape index (κ3) is 5.51. The van der Waals surface area contributed by atoms with Crippen molar-refractivity contribution in [2.24, 2.45) is 28.2 Å². The van der Waals surface area contributed by atoms with Crippen LogP contribution in [0.15, 0.2) is 58.6 Å². The van der Waals surface area contributed by atoms with Gasteiger partial charge in [0.2, 0.25) is 0 Å². The number of hydrogen-bond donors (Lipinski definition) is 2. The number of rotatable bonds is 5. The molecule has 218 valence electrons. The number of benzene rings is 2. The van der Waals surface area contributed by atoms with E-state index in [1.165, 1.54) is 6.42 Å². The zero-order valence-electron chi connectivity index (χ0n) is 24.9. The van der Waals surface area contributed by atoms with Crippen molar-refractivity contribution in [2.75, 3.05) is 25.0 Å². The molecule has 6 unspecified atom stereocenters. The van der Waals surface area contributed by atoms with Gasteiger partial charge in [-0.25, -0.2) is 9.98 Å². The molecule has 0 spiro atoms. The molecule has 2 bridgehead atoms. The van der Waals surface area contributed by atoms with E-state index in [0.29, 0.717) is 39.3 Å². The average molecular weight is 575 g/mol. The zero-order valence-corrected chi connectivity index (χ0v) is 25.7. The third-order valence-corrected chi connectivity index (χ3v) is 10.5. The quantitative estimate of drug-likeness (QED) is 0.289. The normalized spacial score (nSPS) is 28.3. The first kappa shape index (κ1) is 28.2. The molecule has 4 aliphatic rings. The van der Waals surface area contributed by atoms with E-state index in [1.54, 1.807) is 10.9 Å². The van der Waals surface area contributed by atoms with Crippen molar-refractivity contribution < 1.29 is 0 Å². The van der Waals surface area contributed by atoms with Gasteiger partial charge in [-0.15, -0.1) is 0 Å². The Bertz CT molecular complexity index is 1500. The van der Waals surface area contributed by atoms with Gasteiger partial charge in [0.1, 0.15) is 0 Å². The number of guanidine groups is 1. The van der Waals surface area contributed by atoms with Crippen LogP contribution < -0.4 is 16.2 Å². The van der Waals surface area contributed by atoms with Gasteiger partial charge in [0.05, 0.1) is 23.3 Å². The van der Waals surface area contributed by atoms with Crippen molar-refractivity contribution in [1.29, 1.82) is 0 Å². The van der Waals surface area contributed by atoms with Crippen LogP contribution in [0.1, 0.15) is 59.1 Å². The highest BCUT2D eigenvalue weighted by molar-refractivity contribution is 6.30. The highest BCUT2D eigenvalue weighted by Gasteiger charge is 2.56. The maximum Gasteiger partial charge on any atom is 0.261 e. The molecule has 7 nitrogen and oxygen atoms in total. The lowest BCUT2D eigenvalue weighted by atomic mass is 9.45. The molecule has 2 heterocycles. The van der Waals surface area contributed by atoms with Crippen LogP contribution >= 0.6 is 11.6 Å². The number of anilines is 1. The predicted molar refractivity (Wildman–Crippen MR) is 169 cm³/mol. The molecular formula is C33H43ClN6O. The van der Waals surface area contributed by atoms with Crippen molar-refractivity contribution in [1.82, 2.24) is 19.8 Å². The van der Waals surface area contributed by atoms with E-state index in [9.17, 15) is 4.79 Å². The molecule has 1 aliphatic heterocycles.